The van der Waals surface area contributed by atoms with Crippen LogP contribution in [0.1, 0.15) is 5.56 Å². The Bertz CT molecular complexity index is 868. The van der Waals surface area contributed by atoms with E-state index in [4.69, 9.17) is 0 Å². The first-order valence-corrected chi connectivity index (χ1v) is 7.46. The zero-order chi connectivity index (χ0) is 17.1. The maximum atomic E-state index is 12.5. The lowest BCUT2D eigenvalue weighted by Gasteiger charge is -2.07. The first kappa shape index (κ1) is 15.5. The maximum absolute atomic E-state index is 12.5. The van der Waals surface area contributed by atoms with Crippen LogP contribution in [-0.2, 0) is 9.59 Å². The normalized spacial score (nSPS) is 17.2. The van der Waals surface area contributed by atoms with Gasteiger partial charge in [-0.05, 0) is 11.1 Å². The van der Waals surface area contributed by atoms with Gasteiger partial charge in [0, 0.05) is 0 Å². The number of fused-ring (bicyclic) bond motifs is 1. The molecule has 1 aromatic carbocycles. The number of nitrogens with one attached hydrogen (secondary N) is 2. The number of carbonyl (C=O) groups is 2. The third kappa shape index (κ3) is 2.54. The van der Waals surface area contributed by atoms with Crippen LogP contribution in [0.25, 0.3) is 5.70 Å². The summed E-state index contributed by atoms with van der Waals surface area (Å²) in [4.78, 5) is 25.0. The quantitative estimate of drug-likeness (QED) is 0.821. The van der Waals surface area contributed by atoms with Crippen LogP contribution in [0, 0.1) is 0 Å². The average Bonchev–Trinajstić information content (AvgIpc) is 3.11. The van der Waals surface area contributed by atoms with Crippen LogP contribution in [-0.4, -0.2) is 11.8 Å². The summed E-state index contributed by atoms with van der Waals surface area (Å²) in [5, 5.41) is 5.61. The third-order valence-electron chi connectivity index (χ3n) is 3.74. The molecule has 0 aromatic heterocycles. The van der Waals surface area contributed by atoms with E-state index in [1.807, 2.05) is 30.3 Å². The van der Waals surface area contributed by atoms with Crippen LogP contribution in [0.3, 0.4) is 0 Å². The molecular formula is C20H16N2O2. The van der Waals surface area contributed by atoms with Gasteiger partial charge in [-0.15, -0.1) is 0 Å². The topological polar surface area (TPSA) is 58.2 Å². The number of amides is 2. The Morgan fingerprint density at radius 3 is 2.29 bits per heavy atom. The monoisotopic (exact) mass is 316 g/mol. The highest BCUT2D eigenvalue weighted by Crippen LogP contribution is 2.36. The van der Waals surface area contributed by atoms with Gasteiger partial charge >= 0.3 is 0 Å². The summed E-state index contributed by atoms with van der Waals surface area (Å²) in [6.07, 6.45) is 8.48. The van der Waals surface area contributed by atoms with Crippen LogP contribution >= 0.6 is 0 Å². The molecule has 0 bridgehead atoms. The van der Waals surface area contributed by atoms with Crippen molar-refractivity contribution in [3.8, 4) is 0 Å². The highest BCUT2D eigenvalue weighted by molar-refractivity contribution is 6.26. The smallest absolute Gasteiger partial charge is 0.258 e. The Morgan fingerprint density at radius 1 is 0.917 bits per heavy atom. The van der Waals surface area contributed by atoms with Crippen LogP contribution < -0.4 is 10.6 Å². The fourth-order valence-electron chi connectivity index (χ4n) is 2.74. The van der Waals surface area contributed by atoms with Crippen LogP contribution in [0.15, 0.2) is 96.3 Å². The number of hydrogen-bond acceptors (Lipinski definition) is 2. The molecule has 0 spiro atoms. The molecule has 2 aliphatic rings. The van der Waals surface area contributed by atoms with E-state index in [1.54, 1.807) is 30.4 Å². The second-order valence-corrected chi connectivity index (χ2v) is 5.23. The fourth-order valence-corrected chi connectivity index (χ4v) is 2.74. The Hall–Kier alpha value is -3.40. The van der Waals surface area contributed by atoms with Crippen molar-refractivity contribution in [3.63, 3.8) is 0 Å². The zero-order valence-corrected chi connectivity index (χ0v) is 13.0. The third-order valence-corrected chi connectivity index (χ3v) is 3.74. The summed E-state index contributed by atoms with van der Waals surface area (Å²) in [6.45, 7) is 7.32. The van der Waals surface area contributed by atoms with E-state index in [0.29, 0.717) is 28.1 Å². The molecule has 2 N–H and O–H groups in total. The lowest BCUT2D eigenvalue weighted by atomic mass is 10.0. The molecule has 2 amide bonds. The van der Waals surface area contributed by atoms with Crippen molar-refractivity contribution in [2.24, 2.45) is 0 Å². The Kier molecular flexibility index (Phi) is 4.12. The summed E-state index contributed by atoms with van der Waals surface area (Å²) in [6, 6.07) is 9.32. The predicted molar refractivity (Wildman–Crippen MR) is 94.3 cm³/mol. The molecule has 3 rings (SSSR count). The van der Waals surface area contributed by atoms with Crippen LogP contribution in [0.4, 0.5) is 0 Å². The summed E-state index contributed by atoms with van der Waals surface area (Å²) in [7, 11) is 0. The molecule has 4 nitrogen and oxygen atoms in total. The van der Waals surface area contributed by atoms with E-state index in [0.717, 1.165) is 5.56 Å². The van der Waals surface area contributed by atoms with Crippen molar-refractivity contribution >= 4 is 17.5 Å². The van der Waals surface area contributed by atoms with Crippen molar-refractivity contribution in [2.75, 3.05) is 0 Å². The number of hydrogen-bond donors (Lipinski definition) is 2. The SMILES string of the molecule is C=C/C=C\C(=C/C=C)C1=C2C(=O)NC(c3ccccc3)=C2C(=O)N1. The fraction of sp³-hybridized carbons (Fsp3) is 0. The largest absolute Gasteiger partial charge is 0.321 e. The van der Waals surface area contributed by atoms with Crippen molar-refractivity contribution < 1.29 is 9.59 Å². The summed E-state index contributed by atoms with van der Waals surface area (Å²) < 4.78 is 0. The minimum Gasteiger partial charge on any atom is -0.321 e. The first-order valence-electron chi connectivity index (χ1n) is 7.46. The molecule has 0 fully saturated rings. The van der Waals surface area contributed by atoms with Crippen molar-refractivity contribution in [1.82, 2.24) is 10.6 Å². The summed E-state index contributed by atoms with van der Waals surface area (Å²) in [5.41, 5.74) is 3.24. The van der Waals surface area contributed by atoms with Gasteiger partial charge < -0.3 is 10.6 Å². The van der Waals surface area contributed by atoms with Gasteiger partial charge in [0.2, 0.25) is 0 Å². The number of carbonyl (C=O) groups excluding carboxylic acids is 2. The molecule has 1 aromatic rings. The van der Waals surface area contributed by atoms with Gasteiger partial charge in [0.25, 0.3) is 11.8 Å². The van der Waals surface area contributed by atoms with E-state index >= 15 is 0 Å². The van der Waals surface area contributed by atoms with Gasteiger partial charge in [-0.3, -0.25) is 9.59 Å². The minimum atomic E-state index is -0.292. The molecule has 0 saturated heterocycles. The van der Waals surface area contributed by atoms with Gasteiger partial charge in [-0.1, -0.05) is 73.9 Å². The van der Waals surface area contributed by atoms with Crippen LogP contribution in [0.5, 0.6) is 0 Å². The van der Waals surface area contributed by atoms with E-state index in [-0.39, 0.29) is 11.8 Å². The Morgan fingerprint density at radius 2 is 1.62 bits per heavy atom. The standard InChI is InChI=1S/C20H16N2O2/c1-3-5-10-13(9-4-2)17-15-16(20(24)21-17)18(22-19(15)23)14-11-7-6-8-12-14/h3-12H,1-2H2,(H,21,24)(H,22,23)/b10-5-,13-9+. The number of benzene rings is 1. The van der Waals surface area contributed by atoms with Gasteiger partial charge in [0.15, 0.2) is 0 Å². The molecular weight excluding hydrogens is 300 g/mol. The summed E-state index contributed by atoms with van der Waals surface area (Å²) in [5.74, 6) is -0.585. The Labute approximate surface area is 140 Å². The second-order valence-electron chi connectivity index (χ2n) is 5.23. The second kappa shape index (κ2) is 6.38. The van der Waals surface area contributed by atoms with E-state index < -0.39 is 0 Å². The molecule has 0 saturated carbocycles. The van der Waals surface area contributed by atoms with Crippen molar-refractivity contribution in [1.29, 1.82) is 0 Å². The van der Waals surface area contributed by atoms with E-state index in [2.05, 4.69) is 23.8 Å². The van der Waals surface area contributed by atoms with E-state index in [9.17, 15) is 9.59 Å². The molecule has 0 radical (unpaired) electrons. The molecule has 0 atom stereocenters. The van der Waals surface area contributed by atoms with Crippen molar-refractivity contribution in [2.45, 2.75) is 0 Å². The van der Waals surface area contributed by atoms with Gasteiger partial charge in [-0.2, -0.15) is 0 Å². The lowest BCUT2D eigenvalue weighted by molar-refractivity contribution is -0.117. The predicted octanol–water partition coefficient (Wildman–Crippen LogP) is 2.77. The minimum absolute atomic E-state index is 0.292. The van der Waals surface area contributed by atoms with Gasteiger partial charge in [0.05, 0.1) is 22.5 Å². The highest BCUT2D eigenvalue weighted by Gasteiger charge is 2.40. The average molecular weight is 316 g/mol. The number of rotatable bonds is 5. The zero-order valence-electron chi connectivity index (χ0n) is 13.0. The summed E-state index contributed by atoms with van der Waals surface area (Å²) >= 11 is 0. The molecule has 2 aliphatic heterocycles. The van der Waals surface area contributed by atoms with Gasteiger partial charge in [0.1, 0.15) is 0 Å². The molecule has 0 unspecified atom stereocenters. The highest BCUT2D eigenvalue weighted by atomic mass is 16.2. The van der Waals surface area contributed by atoms with Gasteiger partial charge in [-0.25, -0.2) is 0 Å². The molecule has 2 heterocycles. The Balaban J connectivity index is 2.18. The number of allylic oxidation sites excluding steroid dienone is 5. The lowest BCUT2D eigenvalue weighted by Crippen LogP contribution is -2.22. The van der Waals surface area contributed by atoms with Crippen molar-refractivity contribution in [3.05, 3.63) is 102 Å². The molecule has 4 heteroatoms. The van der Waals surface area contributed by atoms with Crippen LogP contribution in [0.2, 0.25) is 0 Å². The molecule has 118 valence electrons. The van der Waals surface area contributed by atoms with E-state index in [1.165, 1.54) is 0 Å². The molecule has 24 heavy (non-hydrogen) atoms. The first-order chi connectivity index (χ1) is 11.7. The maximum Gasteiger partial charge on any atom is 0.258 e. The molecule has 0 aliphatic carbocycles.